The van der Waals surface area contributed by atoms with Gasteiger partial charge in [0, 0.05) is 0 Å². The molecule has 76 valence electrons. The minimum absolute atomic E-state index is 0.428. The van der Waals surface area contributed by atoms with Crippen LogP contribution in [0.4, 0.5) is 0 Å². The predicted octanol–water partition coefficient (Wildman–Crippen LogP) is -0.469. The van der Waals surface area contributed by atoms with Crippen molar-refractivity contribution in [2.45, 2.75) is 38.8 Å². The fourth-order valence-corrected chi connectivity index (χ4v) is 0.465. The molecule has 0 aromatic heterocycles. The first-order valence-electron chi connectivity index (χ1n) is 4.09. The van der Waals surface area contributed by atoms with Gasteiger partial charge >= 0.3 is 11.9 Å². The van der Waals surface area contributed by atoms with Crippen molar-refractivity contribution in [2.24, 2.45) is 11.5 Å². The quantitative estimate of drug-likeness (QED) is 0.461. The first-order valence-corrected chi connectivity index (χ1v) is 4.09. The number of ether oxygens (including phenoxy) is 1. The normalized spacial score (nSPS) is 13.6. The van der Waals surface area contributed by atoms with Crippen molar-refractivity contribution < 1.29 is 14.3 Å². The molecule has 0 bridgehead atoms. The molecule has 13 heavy (non-hydrogen) atoms. The zero-order valence-corrected chi connectivity index (χ0v) is 8.16. The van der Waals surface area contributed by atoms with Crippen molar-refractivity contribution in [1.82, 2.24) is 0 Å². The molecule has 5 heteroatoms. The van der Waals surface area contributed by atoms with Crippen molar-refractivity contribution in [3.8, 4) is 0 Å². The zero-order chi connectivity index (χ0) is 10.6. The lowest BCUT2D eigenvalue weighted by Crippen LogP contribution is -2.46. The van der Waals surface area contributed by atoms with Gasteiger partial charge < -0.3 is 16.2 Å². The van der Waals surface area contributed by atoms with Gasteiger partial charge in [-0.05, 0) is 20.3 Å². The van der Waals surface area contributed by atoms with E-state index in [1.165, 1.54) is 13.8 Å². The number of rotatable bonds is 3. The summed E-state index contributed by atoms with van der Waals surface area (Å²) in [6.45, 7) is 4.64. The van der Waals surface area contributed by atoms with E-state index in [1.54, 1.807) is 6.92 Å². The molecule has 1 atom stereocenters. The zero-order valence-electron chi connectivity index (χ0n) is 8.16. The number of nitrogens with two attached hydrogens (primary N) is 2. The summed E-state index contributed by atoms with van der Waals surface area (Å²) >= 11 is 0. The molecule has 0 saturated heterocycles. The van der Waals surface area contributed by atoms with Crippen molar-refractivity contribution in [3.63, 3.8) is 0 Å². The van der Waals surface area contributed by atoms with Gasteiger partial charge in [-0.1, -0.05) is 6.92 Å². The Morgan fingerprint density at radius 2 is 1.92 bits per heavy atom. The number of hydrogen-bond donors (Lipinski definition) is 2. The van der Waals surface area contributed by atoms with E-state index in [0.29, 0.717) is 6.42 Å². The average molecular weight is 188 g/mol. The molecule has 0 heterocycles. The van der Waals surface area contributed by atoms with Gasteiger partial charge in [-0.25, -0.2) is 9.59 Å². The maximum Gasteiger partial charge on any atom is 0.333 e. The number of esters is 2. The minimum Gasteiger partial charge on any atom is -0.391 e. The van der Waals surface area contributed by atoms with E-state index in [1.807, 2.05) is 0 Å². The highest BCUT2D eigenvalue weighted by Gasteiger charge is 2.27. The third kappa shape index (κ3) is 4.00. The van der Waals surface area contributed by atoms with Crippen LogP contribution in [-0.2, 0) is 14.3 Å². The second-order valence-corrected chi connectivity index (χ2v) is 3.44. The van der Waals surface area contributed by atoms with Crippen LogP contribution in [0.1, 0.15) is 27.2 Å². The molecule has 4 N–H and O–H groups in total. The topological polar surface area (TPSA) is 95.4 Å². The van der Waals surface area contributed by atoms with Crippen LogP contribution in [0.15, 0.2) is 0 Å². The van der Waals surface area contributed by atoms with E-state index < -0.39 is 23.5 Å². The molecule has 1 unspecified atom stereocenters. The molecule has 0 fully saturated rings. The SMILES string of the molecule is CCC(N)C(=O)OC(=O)C(C)(C)N. The second kappa shape index (κ2) is 4.34. The Hall–Kier alpha value is -0.940. The van der Waals surface area contributed by atoms with Crippen LogP contribution in [0, 0.1) is 0 Å². The van der Waals surface area contributed by atoms with Crippen molar-refractivity contribution in [3.05, 3.63) is 0 Å². The summed E-state index contributed by atoms with van der Waals surface area (Å²) < 4.78 is 4.44. The Morgan fingerprint density at radius 1 is 1.46 bits per heavy atom. The lowest BCUT2D eigenvalue weighted by atomic mass is 10.1. The van der Waals surface area contributed by atoms with E-state index in [0.717, 1.165) is 0 Å². The van der Waals surface area contributed by atoms with Gasteiger partial charge in [0.15, 0.2) is 0 Å². The second-order valence-electron chi connectivity index (χ2n) is 3.44. The van der Waals surface area contributed by atoms with Crippen molar-refractivity contribution in [2.75, 3.05) is 0 Å². The molecule has 0 rings (SSSR count). The Balaban J connectivity index is 4.16. The molecule has 0 aromatic rings. The number of hydrogen-bond acceptors (Lipinski definition) is 5. The Bertz CT molecular complexity index is 208. The van der Waals surface area contributed by atoms with Crippen LogP contribution in [0.5, 0.6) is 0 Å². The smallest absolute Gasteiger partial charge is 0.333 e. The molecule has 0 saturated carbocycles. The summed E-state index contributed by atoms with van der Waals surface area (Å²) in [6, 6.07) is -0.758. The van der Waals surface area contributed by atoms with Crippen LogP contribution in [0.2, 0.25) is 0 Å². The molecular weight excluding hydrogens is 172 g/mol. The molecule has 0 aromatic carbocycles. The van der Waals surface area contributed by atoms with E-state index in [9.17, 15) is 9.59 Å². The van der Waals surface area contributed by atoms with Crippen LogP contribution >= 0.6 is 0 Å². The van der Waals surface area contributed by atoms with Gasteiger partial charge in [-0.15, -0.1) is 0 Å². The third-order valence-electron chi connectivity index (χ3n) is 1.46. The van der Waals surface area contributed by atoms with Gasteiger partial charge in [0.05, 0.1) is 0 Å². The lowest BCUT2D eigenvalue weighted by molar-refractivity contribution is -0.163. The van der Waals surface area contributed by atoms with Crippen LogP contribution < -0.4 is 11.5 Å². The van der Waals surface area contributed by atoms with Gasteiger partial charge in [-0.3, -0.25) is 0 Å². The molecule has 0 radical (unpaired) electrons. The van der Waals surface area contributed by atoms with Gasteiger partial charge in [-0.2, -0.15) is 0 Å². The fraction of sp³-hybridized carbons (Fsp3) is 0.750. The highest BCUT2D eigenvalue weighted by atomic mass is 16.6. The molecular formula is C8H16N2O3. The summed E-state index contributed by atoms with van der Waals surface area (Å²) in [6.07, 6.45) is 0.428. The molecule has 0 aliphatic carbocycles. The standard InChI is InChI=1S/C8H16N2O3/c1-4-5(9)6(11)13-7(12)8(2,3)10/h5H,4,9-10H2,1-3H3. The number of carbonyl (C=O) groups is 2. The summed E-state index contributed by atoms with van der Waals surface area (Å²) in [7, 11) is 0. The lowest BCUT2D eigenvalue weighted by Gasteiger charge is -2.16. The summed E-state index contributed by atoms with van der Waals surface area (Å²) in [5.41, 5.74) is 9.58. The van der Waals surface area contributed by atoms with Crippen LogP contribution in [-0.4, -0.2) is 23.5 Å². The summed E-state index contributed by atoms with van der Waals surface area (Å²) in [5, 5.41) is 0. The first-order chi connectivity index (χ1) is 5.79. The maximum atomic E-state index is 11.1. The van der Waals surface area contributed by atoms with E-state index in [2.05, 4.69) is 4.74 Å². The monoisotopic (exact) mass is 188 g/mol. The highest BCUT2D eigenvalue weighted by Crippen LogP contribution is 2.01. The minimum atomic E-state index is -1.16. The Kier molecular flexibility index (Phi) is 4.03. The van der Waals surface area contributed by atoms with Gasteiger partial charge in [0.2, 0.25) is 0 Å². The molecule has 0 spiro atoms. The van der Waals surface area contributed by atoms with Crippen molar-refractivity contribution >= 4 is 11.9 Å². The van der Waals surface area contributed by atoms with Crippen LogP contribution in [0.25, 0.3) is 0 Å². The number of carbonyl (C=O) groups excluding carboxylic acids is 2. The third-order valence-corrected chi connectivity index (χ3v) is 1.46. The van der Waals surface area contributed by atoms with Crippen LogP contribution in [0.3, 0.4) is 0 Å². The first kappa shape index (κ1) is 12.1. The van der Waals surface area contributed by atoms with Gasteiger partial charge in [0.25, 0.3) is 0 Å². The molecule has 0 aliphatic rings. The fourth-order valence-electron chi connectivity index (χ4n) is 0.465. The highest BCUT2D eigenvalue weighted by molar-refractivity contribution is 5.92. The largest absolute Gasteiger partial charge is 0.391 e. The maximum absolute atomic E-state index is 11.1. The average Bonchev–Trinajstić information content (AvgIpc) is 2.01. The summed E-state index contributed by atoms with van der Waals surface area (Å²) in [5.74, 6) is -1.49. The van der Waals surface area contributed by atoms with E-state index >= 15 is 0 Å². The van der Waals surface area contributed by atoms with E-state index in [4.69, 9.17) is 11.5 Å². The molecule has 0 amide bonds. The predicted molar refractivity (Wildman–Crippen MR) is 47.6 cm³/mol. The summed E-state index contributed by atoms with van der Waals surface area (Å²) in [4.78, 5) is 22.1. The molecule has 5 nitrogen and oxygen atoms in total. The molecule has 0 aliphatic heterocycles. The Labute approximate surface area is 77.4 Å². The van der Waals surface area contributed by atoms with E-state index in [-0.39, 0.29) is 0 Å². The van der Waals surface area contributed by atoms with Gasteiger partial charge in [0.1, 0.15) is 11.6 Å². The Morgan fingerprint density at radius 3 is 2.23 bits per heavy atom. The van der Waals surface area contributed by atoms with Crippen molar-refractivity contribution in [1.29, 1.82) is 0 Å².